The van der Waals surface area contributed by atoms with Crippen molar-refractivity contribution >= 4 is 0 Å². The molecule has 0 aromatic rings. The molecule has 0 heterocycles. The quantitative estimate of drug-likeness (QED) is 0.472. The van der Waals surface area contributed by atoms with Crippen molar-refractivity contribution in [2.45, 2.75) is 53.9 Å². The minimum Gasteiger partial charge on any atom is -0.687 e. The summed E-state index contributed by atoms with van der Waals surface area (Å²) in [5, 5.41) is 4.52. The third kappa shape index (κ3) is 16.1. The molecule has 0 N–H and O–H groups in total. The van der Waals surface area contributed by atoms with Crippen molar-refractivity contribution < 1.29 is 19.5 Å². The summed E-state index contributed by atoms with van der Waals surface area (Å²) in [6, 6.07) is 0. The number of allylic oxidation sites excluding steroid dienone is 2. The van der Waals surface area contributed by atoms with Crippen molar-refractivity contribution in [1.82, 2.24) is 4.90 Å². The van der Waals surface area contributed by atoms with Gasteiger partial charge in [-0.25, -0.2) is 0 Å². The fourth-order valence-electron chi connectivity index (χ4n) is 1.28. The molecule has 0 bridgehead atoms. The Morgan fingerprint density at radius 3 is 1.94 bits per heavy atom. The summed E-state index contributed by atoms with van der Waals surface area (Å²) in [5.74, 6) is 0. The van der Waals surface area contributed by atoms with Gasteiger partial charge in [-0.3, -0.25) is 0 Å². The average molecular weight is 306 g/mol. The van der Waals surface area contributed by atoms with E-state index in [9.17, 15) is 0 Å². The van der Waals surface area contributed by atoms with Crippen molar-refractivity contribution in [2.24, 2.45) is 0 Å². The first-order valence-electron chi connectivity index (χ1n) is 7.04. The van der Waals surface area contributed by atoms with E-state index >= 15 is 0 Å². The fraction of sp³-hybridized carbons (Fsp3) is 0.800. The normalized spacial score (nSPS) is 10.5. The maximum atomic E-state index is 4.52. The standard InChI is InChI=1S/C11H23N2.C4H9.Zn/c1-5-11(6-2)12-9-10-13(7-3)8-4;1-3-4-2;/h5H,6-10H2,1-4H3;1,3-4H2,2H3;/q2*-1;+2/b11-5-;;. The van der Waals surface area contributed by atoms with E-state index < -0.39 is 0 Å². The van der Waals surface area contributed by atoms with Gasteiger partial charge in [-0.1, -0.05) is 40.5 Å². The largest absolute Gasteiger partial charge is 2.00 e. The second kappa shape index (κ2) is 19.5. The maximum Gasteiger partial charge on any atom is 2.00 e. The van der Waals surface area contributed by atoms with Crippen LogP contribution in [0.25, 0.3) is 5.32 Å². The van der Waals surface area contributed by atoms with Gasteiger partial charge in [-0.2, -0.15) is 12.1 Å². The summed E-state index contributed by atoms with van der Waals surface area (Å²) < 4.78 is 0. The Hall–Kier alpha value is 0.123. The first-order chi connectivity index (χ1) is 8.19. The zero-order chi connectivity index (χ0) is 13.5. The van der Waals surface area contributed by atoms with Crippen molar-refractivity contribution in [3.63, 3.8) is 0 Å². The van der Waals surface area contributed by atoms with Crippen LogP contribution in [0, 0.1) is 6.92 Å². The number of nitrogens with zero attached hydrogens (tertiary/aromatic N) is 2. The Kier molecular flexibility index (Phi) is 25.1. The zero-order valence-electron chi connectivity index (χ0n) is 13.3. The molecule has 0 saturated carbocycles. The SMILES string of the molecule is C/C=C(/CC)[N-]CCN(CC)CC.[CH2-]CCC.[Zn+2]. The molecule has 0 unspecified atom stereocenters. The molecular formula is C15H32N2Zn. The summed E-state index contributed by atoms with van der Waals surface area (Å²) >= 11 is 0. The van der Waals surface area contributed by atoms with E-state index in [1.165, 1.54) is 12.1 Å². The Labute approximate surface area is 128 Å². The average Bonchev–Trinajstić information content (AvgIpc) is 2.39. The predicted molar refractivity (Wildman–Crippen MR) is 80.3 cm³/mol. The van der Waals surface area contributed by atoms with Gasteiger partial charge in [-0.15, -0.1) is 12.6 Å². The molecule has 0 spiro atoms. The zero-order valence-corrected chi connectivity index (χ0v) is 16.3. The van der Waals surface area contributed by atoms with Gasteiger partial charge in [0.2, 0.25) is 0 Å². The molecule has 3 heteroatoms. The van der Waals surface area contributed by atoms with Crippen LogP contribution in [0.1, 0.15) is 53.9 Å². The summed E-state index contributed by atoms with van der Waals surface area (Å²) in [5.41, 5.74) is 1.23. The van der Waals surface area contributed by atoms with Crippen molar-refractivity contribution in [3.8, 4) is 0 Å². The summed E-state index contributed by atoms with van der Waals surface area (Å²) in [6.45, 7) is 18.6. The van der Waals surface area contributed by atoms with Gasteiger partial charge in [0.1, 0.15) is 0 Å². The van der Waals surface area contributed by atoms with Crippen LogP contribution in [0.15, 0.2) is 11.8 Å². The van der Waals surface area contributed by atoms with Crippen LogP contribution in [0.5, 0.6) is 0 Å². The van der Waals surface area contributed by atoms with Crippen LogP contribution in [-0.2, 0) is 19.5 Å². The molecule has 0 amide bonds. The number of rotatable bonds is 8. The topological polar surface area (TPSA) is 17.3 Å². The molecule has 0 rings (SSSR count). The molecule has 2 nitrogen and oxygen atoms in total. The van der Waals surface area contributed by atoms with Gasteiger partial charge in [0.25, 0.3) is 0 Å². The Morgan fingerprint density at radius 1 is 1.17 bits per heavy atom. The predicted octanol–water partition coefficient (Wildman–Crippen LogP) is 4.63. The third-order valence-electron chi connectivity index (χ3n) is 2.67. The van der Waals surface area contributed by atoms with E-state index in [2.05, 4.69) is 57.8 Å². The van der Waals surface area contributed by atoms with Crippen LogP contribution >= 0.6 is 0 Å². The Bertz CT molecular complexity index is 164. The van der Waals surface area contributed by atoms with E-state index in [4.69, 9.17) is 0 Å². The molecule has 0 saturated heterocycles. The van der Waals surface area contributed by atoms with E-state index in [1.807, 2.05) is 0 Å². The van der Waals surface area contributed by atoms with Crippen LogP contribution in [0.3, 0.4) is 0 Å². The molecule has 0 fully saturated rings. The second-order valence-electron chi connectivity index (χ2n) is 3.90. The van der Waals surface area contributed by atoms with Crippen LogP contribution in [0.2, 0.25) is 0 Å². The summed E-state index contributed by atoms with van der Waals surface area (Å²) in [4.78, 5) is 2.40. The van der Waals surface area contributed by atoms with E-state index in [0.29, 0.717) is 0 Å². The van der Waals surface area contributed by atoms with Gasteiger partial charge >= 0.3 is 19.5 Å². The minimum atomic E-state index is 0. The Balaban J connectivity index is -0.000000392. The molecule has 104 valence electrons. The van der Waals surface area contributed by atoms with Gasteiger partial charge < -0.3 is 17.1 Å². The second-order valence-corrected chi connectivity index (χ2v) is 3.90. The maximum absolute atomic E-state index is 4.52. The number of likely N-dealkylation sites (N-methyl/N-ethyl adjacent to an activating group) is 1. The van der Waals surface area contributed by atoms with E-state index in [-0.39, 0.29) is 19.5 Å². The first-order valence-corrected chi connectivity index (χ1v) is 7.04. The molecule has 0 aromatic heterocycles. The summed E-state index contributed by atoms with van der Waals surface area (Å²) in [7, 11) is 0. The number of hydrogen-bond donors (Lipinski definition) is 0. The van der Waals surface area contributed by atoms with Gasteiger partial charge in [0.05, 0.1) is 0 Å². The number of unbranched alkanes of at least 4 members (excludes halogenated alkanes) is 1. The molecule has 0 aliphatic carbocycles. The van der Waals surface area contributed by atoms with Crippen molar-refractivity contribution in [1.29, 1.82) is 0 Å². The third-order valence-corrected chi connectivity index (χ3v) is 2.67. The van der Waals surface area contributed by atoms with Gasteiger partial charge in [0.15, 0.2) is 0 Å². The molecule has 0 atom stereocenters. The molecule has 18 heavy (non-hydrogen) atoms. The van der Waals surface area contributed by atoms with Crippen LogP contribution < -0.4 is 0 Å². The van der Waals surface area contributed by atoms with Gasteiger partial charge in [0, 0.05) is 0 Å². The minimum absolute atomic E-state index is 0. The molecule has 0 aliphatic heterocycles. The van der Waals surface area contributed by atoms with E-state index in [0.717, 1.165) is 39.0 Å². The number of hydrogen-bond acceptors (Lipinski definition) is 1. The molecular weight excluding hydrogens is 274 g/mol. The van der Waals surface area contributed by atoms with Gasteiger partial charge in [-0.05, 0) is 26.6 Å². The molecule has 0 aromatic carbocycles. The summed E-state index contributed by atoms with van der Waals surface area (Å²) in [6.07, 6.45) is 5.43. The van der Waals surface area contributed by atoms with Crippen molar-refractivity contribution in [2.75, 3.05) is 26.2 Å². The first kappa shape index (κ1) is 23.2. The molecule has 0 aliphatic rings. The Morgan fingerprint density at radius 2 is 1.67 bits per heavy atom. The fourth-order valence-corrected chi connectivity index (χ4v) is 1.28. The smallest absolute Gasteiger partial charge is 0.687 e. The van der Waals surface area contributed by atoms with E-state index in [1.54, 1.807) is 0 Å². The van der Waals surface area contributed by atoms with Crippen LogP contribution in [-0.4, -0.2) is 31.1 Å². The molecule has 0 radical (unpaired) electrons. The van der Waals surface area contributed by atoms with Crippen LogP contribution in [0.4, 0.5) is 0 Å². The monoisotopic (exact) mass is 304 g/mol. The van der Waals surface area contributed by atoms with Crippen molar-refractivity contribution in [3.05, 3.63) is 24.0 Å².